The van der Waals surface area contributed by atoms with E-state index in [1.807, 2.05) is 19.9 Å². The lowest BCUT2D eigenvalue weighted by Gasteiger charge is -2.08. The predicted molar refractivity (Wildman–Crippen MR) is 89.8 cm³/mol. The van der Waals surface area contributed by atoms with Gasteiger partial charge in [-0.15, -0.1) is 0 Å². The highest BCUT2D eigenvalue weighted by Crippen LogP contribution is 2.32. The zero-order chi connectivity index (χ0) is 16.8. The smallest absolute Gasteiger partial charge is 0.287 e. The van der Waals surface area contributed by atoms with Gasteiger partial charge >= 0.3 is 0 Å². The fourth-order valence-corrected chi connectivity index (χ4v) is 5.15. The summed E-state index contributed by atoms with van der Waals surface area (Å²) < 4.78 is 28.5. The van der Waals surface area contributed by atoms with Gasteiger partial charge in [0.25, 0.3) is 5.91 Å². The molecule has 0 spiro atoms. The van der Waals surface area contributed by atoms with Gasteiger partial charge in [-0.05, 0) is 43.9 Å². The summed E-state index contributed by atoms with van der Waals surface area (Å²) in [7, 11) is -2.94. The quantitative estimate of drug-likeness (QED) is 0.918. The number of aryl methyl sites for hydroxylation is 2. The number of fused-ring (bicyclic) bond motifs is 1. The first-order chi connectivity index (χ1) is 10.8. The van der Waals surface area contributed by atoms with Crippen molar-refractivity contribution in [3.8, 4) is 0 Å². The van der Waals surface area contributed by atoms with Crippen LogP contribution in [0.25, 0.3) is 11.0 Å². The van der Waals surface area contributed by atoms with Crippen molar-refractivity contribution in [2.24, 2.45) is 5.92 Å². The van der Waals surface area contributed by atoms with Crippen molar-refractivity contribution >= 4 is 38.3 Å². The molecule has 0 saturated carbocycles. The number of sulfone groups is 1. The molecule has 1 aromatic heterocycles. The van der Waals surface area contributed by atoms with Crippen molar-refractivity contribution in [3.63, 3.8) is 0 Å². The third kappa shape index (κ3) is 3.23. The van der Waals surface area contributed by atoms with Crippen LogP contribution in [0, 0.1) is 19.8 Å². The van der Waals surface area contributed by atoms with Gasteiger partial charge in [0.1, 0.15) is 0 Å². The Kier molecular flexibility index (Phi) is 4.14. The van der Waals surface area contributed by atoms with Crippen LogP contribution in [0.4, 0.5) is 0 Å². The van der Waals surface area contributed by atoms with Gasteiger partial charge < -0.3 is 9.73 Å². The van der Waals surface area contributed by atoms with E-state index in [0.717, 1.165) is 16.5 Å². The minimum Gasteiger partial charge on any atom is -0.449 e. The first-order valence-corrected chi connectivity index (χ1v) is 9.64. The topological polar surface area (TPSA) is 76.4 Å². The molecule has 1 atom stereocenters. The van der Waals surface area contributed by atoms with Crippen LogP contribution in [0.15, 0.2) is 16.5 Å². The van der Waals surface area contributed by atoms with Gasteiger partial charge in [-0.2, -0.15) is 0 Å². The molecule has 1 saturated heterocycles. The van der Waals surface area contributed by atoms with E-state index in [2.05, 4.69) is 5.32 Å². The Morgan fingerprint density at radius 2 is 2.13 bits per heavy atom. The number of nitrogens with one attached hydrogen (secondary N) is 1. The number of benzene rings is 1. The van der Waals surface area contributed by atoms with Gasteiger partial charge in [-0.1, -0.05) is 11.6 Å². The van der Waals surface area contributed by atoms with E-state index in [-0.39, 0.29) is 29.1 Å². The predicted octanol–water partition coefficient (Wildman–Crippen LogP) is 2.87. The average Bonchev–Trinajstić information content (AvgIpc) is 2.97. The maximum Gasteiger partial charge on any atom is 0.287 e. The van der Waals surface area contributed by atoms with Crippen molar-refractivity contribution in [1.82, 2.24) is 5.32 Å². The van der Waals surface area contributed by atoms with Gasteiger partial charge in [0.2, 0.25) is 0 Å². The van der Waals surface area contributed by atoms with Crippen molar-refractivity contribution in [2.45, 2.75) is 20.3 Å². The van der Waals surface area contributed by atoms with Gasteiger partial charge in [0, 0.05) is 17.5 Å². The standard InChI is InChI=1S/C16H18ClNO4S/c1-9-5-12-10(2)14(22-15(12)13(17)6-9)16(19)18-7-11-3-4-23(20,21)8-11/h5-6,11H,3-4,7-8H2,1-2H3,(H,18,19). The number of amides is 1. The molecule has 23 heavy (non-hydrogen) atoms. The van der Waals surface area contributed by atoms with Gasteiger partial charge in [-0.3, -0.25) is 4.79 Å². The molecule has 1 amide bonds. The second-order valence-electron chi connectivity index (χ2n) is 6.16. The minimum atomic E-state index is -2.94. The molecule has 1 fully saturated rings. The van der Waals surface area contributed by atoms with Crippen molar-refractivity contribution in [2.75, 3.05) is 18.1 Å². The highest BCUT2D eigenvalue weighted by atomic mass is 35.5. The molecule has 7 heteroatoms. The Morgan fingerprint density at radius 1 is 1.39 bits per heavy atom. The summed E-state index contributed by atoms with van der Waals surface area (Å²) in [4.78, 5) is 12.4. The van der Waals surface area contributed by atoms with E-state index in [0.29, 0.717) is 23.6 Å². The molecule has 1 aromatic carbocycles. The third-order valence-electron chi connectivity index (χ3n) is 4.22. The molecule has 3 rings (SSSR count). The number of carbonyl (C=O) groups is 1. The number of furan rings is 1. The molecule has 2 aromatic rings. The van der Waals surface area contributed by atoms with E-state index in [1.54, 1.807) is 6.07 Å². The summed E-state index contributed by atoms with van der Waals surface area (Å²) in [6.07, 6.45) is 0.590. The SMILES string of the molecule is Cc1cc(Cl)c2oc(C(=O)NCC3CCS(=O)(=O)C3)c(C)c2c1. The molecular weight excluding hydrogens is 338 g/mol. The number of halogens is 1. The second-order valence-corrected chi connectivity index (χ2v) is 8.79. The normalized spacial score (nSPS) is 20.0. The summed E-state index contributed by atoms with van der Waals surface area (Å²) >= 11 is 6.17. The van der Waals surface area contributed by atoms with Crippen molar-refractivity contribution in [3.05, 3.63) is 34.0 Å². The Morgan fingerprint density at radius 3 is 2.78 bits per heavy atom. The van der Waals surface area contributed by atoms with Crippen LogP contribution in [0.3, 0.4) is 0 Å². The Balaban J connectivity index is 1.79. The number of rotatable bonds is 3. The summed E-state index contributed by atoms with van der Waals surface area (Å²) in [5, 5.41) is 4.07. The molecule has 1 aliphatic heterocycles. The lowest BCUT2D eigenvalue weighted by Crippen LogP contribution is -2.29. The summed E-state index contributed by atoms with van der Waals surface area (Å²) in [6.45, 7) is 4.08. The van der Waals surface area contributed by atoms with E-state index in [9.17, 15) is 13.2 Å². The largest absolute Gasteiger partial charge is 0.449 e. The lowest BCUT2D eigenvalue weighted by molar-refractivity contribution is 0.0922. The molecule has 0 bridgehead atoms. The van der Waals surface area contributed by atoms with Crippen LogP contribution in [-0.4, -0.2) is 32.4 Å². The van der Waals surface area contributed by atoms with E-state index in [1.165, 1.54) is 0 Å². The molecule has 1 unspecified atom stereocenters. The maximum absolute atomic E-state index is 12.4. The van der Waals surface area contributed by atoms with Crippen molar-refractivity contribution in [1.29, 1.82) is 0 Å². The number of hydrogen-bond acceptors (Lipinski definition) is 4. The molecule has 5 nitrogen and oxygen atoms in total. The van der Waals surface area contributed by atoms with Gasteiger partial charge in [0.05, 0.1) is 16.5 Å². The first kappa shape index (κ1) is 16.3. The fraction of sp³-hybridized carbons (Fsp3) is 0.438. The molecule has 1 N–H and O–H groups in total. The van der Waals surface area contributed by atoms with Crippen LogP contribution in [0.5, 0.6) is 0 Å². The zero-order valence-electron chi connectivity index (χ0n) is 13.0. The molecule has 124 valence electrons. The van der Waals surface area contributed by atoms with Crippen LogP contribution in [0.1, 0.15) is 28.1 Å². The Labute approximate surface area is 139 Å². The third-order valence-corrected chi connectivity index (χ3v) is 6.34. The molecular formula is C16H18ClNO4S. The van der Waals surface area contributed by atoms with E-state index >= 15 is 0 Å². The zero-order valence-corrected chi connectivity index (χ0v) is 14.6. The molecule has 1 aliphatic rings. The molecule has 0 aliphatic carbocycles. The summed E-state index contributed by atoms with van der Waals surface area (Å²) in [5.74, 6) is 0.202. The highest BCUT2D eigenvalue weighted by Gasteiger charge is 2.28. The monoisotopic (exact) mass is 355 g/mol. The van der Waals surface area contributed by atoms with Crippen LogP contribution in [0.2, 0.25) is 5.02 Å². The Hall–Kier alpha value is -1.53. The van der Waals surface area contributed by atoms with Crippen LogP contribution in [-0.2, 0) is 9.84 Å². The highest BCUT2D eigenvalue weighted by molar-refractivity contribution is 7.91. The first-order valence-electron chi connectivity index (χ1n) is 7.45. The second kappa shape index (κ2) is 5.83. The molecule has 0 radical (unpaired) electrons. The van der Waals surface area contributed by atoms with Gasteiger partial charge in [-0.25, -0.2) is 8.42 Å². The minimum absolute atomic E-state index is 0.0283. The lowest BCUT2D eigenvalue weighted by atomic mass is 10.1. The van der Waals surface area contributed by atoms with Crippen LogP contribution >= 0.6 is 11.6 Å². The Bertz CT molecular complexity index is 885. The van der Waals surface area contributed by atoms with Crippen molar-refractivity contribution < 1.29 is 17.6 Å². The average molecular weight is 356 g/mol. The van der Waals surface area contributed by atoms with E-state index in [4.69, 9.17) is 16.0 Å². The number of carbonyl (C=O) groups excluding carboxylic acids is 1. The van der Waals surface area contributed by atoms with Gasteiger partial charge in [0.15, 0.2) is 21.2 Å². The van der Waals surface area contributed by atoms with E-state index < -0.39 is 9.84 Å². The maximum atomic E-state index is 12.4. The fourth-order valence-electron chi connectivity index (χ4n) is 2.98. The summed E-state index contributed by atoms with van der Waals surface area (Å²) in [5.41, 5.74) is 2.24. The molecule has 2 heterocycles. The van der Waals surface area contributed by atoms with Crippen LogP contribution < -0.4 is 5.32 Å². The number of hydrogen-bond donors (Lipinski definition) is 1. The summed E-state index contributed by atoms with van der Waals surface area (Å²) in [6, 6.07) is 3.72.